The van der Waals surface area contributed by atoms with E-state index in [0.29, 0.717) is 10.6 Å². The maximum atomic E-state index is 11.0. The maximum absolute atomic E-state index is 11.0. The van der Waals surface area contributed by atoms with E-state index in [1.54, 1.807) is 18.2 Å². The van der Waals surface area contributed by atoms with Gasteiger partial charge in [0, 0.05) is 10.6 Å². The molecule has 12 heavy (non-hydrogen) atoms. The van der Waals surface area contributed by atoms with Gasteiger partial charge in [-0.25, -0.2) is 0 Å². The number of halogens is 1. The highest BCUT2D eigenvalue weighted by Crippen LogP contribution is 2.16. The van der Waals surface area contributed by atoms with E-state index in [2.05, 4.69) is 0 Å². The van der Waals surface area contributed by atoms with E-state index in [1.807, 2.05) is 12.8 Å². The van der Waals surface area contributed by atoms with E-state index in [1.165, 1.54) is 0 Å². The molecule has 0 atom stereocenters. The molecule has 0 unspecified atom stereocenters. The van der Waals surface area contributed by atoms with E-state index in [4.69, 9.17) is 18.0 Å². The molecule has 0 amide bonds. The number of ketones is 1. The van der Waals surface area contributed by atoms with Crippen molar-refractivity contribution >= 4 is 17.4 Å². The van der Waals surface area contributed by atoms with Crippen molar-refractivity contribution in [2.24, 2.45) is 0 Å². The Morgan fingerprint density at radius 3 is 2.75 bits per heavy atom. The van der Waals surface area contributed by atoms with Crippen molar-refractivity contribution in [2.45, 2.75) is 6.92 Å². The zero-order chi connectivity index (χ0) is 9.14. The van der Waals surface area contributed by atoms with E-state index < -0.39 is 0 Å². The number of hydrogen-bond acceptors (Lipinski definition) is 1. The average molecular weight is 179 g/mol. The highest BCUT2D eigenvalue weighted by Gasteiger charge is 2.02. The van der Waals surface area contributed by atoms with Crippen molar-refractivity contribution in [3.8, 4) is 12.3 Å². The summed E-state index contributed by atoms with van der Waals surface area (Å²) in [5, 5.41) is 0.642. The Bertz CT molecular complexity index is 361. The first-order chi connectivity index (χ1) is 5.65. The molecule has 0 aromatic heterocycles. The first kappa shape index (κ1) is 8.83. The second kappa shape index (κ2) is 3.42. The third-order valence-corrected chi connectivity index (χ3v) is 1.98. The van der Waals surface area contributed by atoms with Crippen LogP contribution in [0.15, 0.2) is 18.2 Å². The minimum atomic E-state index is -0.310. The predicted octanol–water partition coefficient (Wildman–Crippen LogP) is 2.46. The van der Waals surface area contributed by atoms with Crippen LogP contribution in [0.2, 0.25) is 5.02 Å². The minimum absolute atomic E-state index is 0.310. The topological polar surface area (TPSA) is 17.1 Å². The molecule has 0 saturated heterocycles. The van der Waals surface area contributed by atoms with Gasteiger partial charge in [-0.15, -0.1) is 6.42 Å². The van der Waals surface area contributed by atoms with Crippen LogP contribution < -0.4 is 0 Å². The van der Waals surface area contributed by atoms with Gasteiger partial charge in [-0.3, -0.25) is 4.79 Å². The summed E-state index contributed by atoms with van der Waals surface area (Å²) < 4.78 is 0. The standard InChI is InChI=1S/C10H7ClO/c1-3-10(12)8-4-5-9(11)7(2)6-8/h1,4-6H,2H3. The van der Waals surface area contributed by atoms with Gasteiger partial charge in [0.05, 0.1) is 0 Å². The molecule has 0 N–H and O–H groups in total. The van der Waals surface area contributed by atoms with Crippen LogP contribution in [0.5, 0.6) is 0 Å². The number of hydrogen-bond donors (Lipinski definition) is 0. The Labute approximate surface area is 76.4 Å². The summed E-state index contributed by atoms with van der Waals surface area (Å²) in [5.41, 5.74) is 1.37. The lowest BCUT2D eigenvalue weighted by Crippen LogP contribution is -1.94. The lowest BCUT2D eigenvalue weighted by Gasteiger charge is -1.98. The number of carbonyl (C=O) groups is 1. The molecule has 0 bridgehead atoms. The molecule has 0 fully saturated rings. The fourth-order valence-electron chi connectivity index (χ4n) is 0.869. The number of Topliss-reactive ketones (excluding diaryl/α,β-unsaturated/α-hetero) is 1. The van der Waals surface area contributed by atoms with Crippen molar-refractivity contribution in [2.75, 3.05) is 0 Å². The SMILES string of the molecule is C#CC(=O)c1ccc(Cl)c(C)c1. The summed E-state index contributed by atoms with van der Waals surface area (Å²) in [6, 6.07) is 4.98. The van der Waals surface area contributed by atoms with Gasteiger partial charge >= 0.3 is 0 Å². The quantitative estimate of drug-likeness (QED) is 0.367. The average Bonchev–Trinajstić information content (AvgIpc) is 2.08. The summed E-state index contributed by atoms with van der Waals surface area (Å²) in [6.07, 6.45) is 4.96. The molecule has 1 rings (SSSR count). The van der Waals surface area contributed by atoms with Crippen LogP contribution in [0, 0.1) is 19.3 Å². The monoisotopic (exact) mass is 178 g/mol. The molecular weight excluding hydrogens is 172 g/mol. The molecule has 60 valence electrons. The molecule has 0 aliphatic heterocycles. The van der Waals surface area contributed by atoms with Crippen molar-refractivity contribution in [1.29, 1.82) is 0 Å². The molecule has 0 aliphatic rings. The normalized spacial score (nSPS) is 9.08. The van der Waals surface area contributed by atoms with Gasteiger partial charge in [-0.1, -0.05) is 11.6 Å². The number of rotatable bonds is 1. The molecule has 0 spiro atoms. The fraction of sp³-hybridized carbons (Fsp3) is 0.100. The second-order valence-electron chi connectivity index (χ2n) is 2.44. The van der Waals surface area contributed by atoms with E-state index in [9.17, 15) is 4.79 Å². The zero-order valence-corrected chi connectivity index (χ0v) is 7.35. The summed E-state index contributed by atoms with van der Waals surface area (Å²) >= 11 is 5.77. The fourth-order valence-corrected chi connectivity index (χ4v) is 0.987. The number of carbonyl (C=O) groups excluding carboxylic acids is 1. The lowest BCUT2D eigenvalue weighted by atomic mass is 10.1. The molecule has 1 aromatic carbocycles. The van der Waals surface area contributed by atoms with Gasteiger partial charge in [-0.2, -0.15) is 0 Å². The van der Waals surface area contributed by atoms with Gasteiger partial charge < -0.3 is 0 Å². The molecule has 0 aliphatic carbocycles. The number of terminal acetylenes is 1. The molecule has 2 heteroatoms. The van der Waals surface area contributed by atoms with Crippen LogP contribution in [-0.4, -0.2) is 5.78 Å². The molecule has 0 saturated carbocycles. The first-order valence-electron chi connectivity index (χ1n) is 3.42. The second-order valence-corrected chi connectivity index (χ2v) is 2.84. The van der Waals surface area contributed by atoms with Gasteiger partial charge in [0.25, 0.3) is 0 Å². The predicted molar refractivity (Wildman–Crippen MR) is 49.4 cm³/mol. The maximum Gasteiger partial charge on any atom is 0.235 e. The zero-order valence-electron chi connectivity index (χ0n) is 6.60. The molecule has 0 radical (unpaired) electrons. The van der Waals surface area contributed by atoms with Gasteiger partial charge in [0.2, 0.25) is 5.78 Å². The largest absolute Gasteiger partial charge is 0.279 e. The highest BCUT2D eigenvalue weighted by molar-refractivity contribution is 6.31. The van der Waals surface area contributed by atoms with Crippen molar-refractivity contribution in [1.82, 2.24) is 0 Å². The lowest BCUT2D eigenvalue weighted by molar-refractivity contribution is 0.105. The first-order valence-corrected chi connectivity index (χ1v) is 3.80. The summed E-state index contributed by atoms with van der Waals surface area (Å²) in [7, 11) is 0. The molecule has 0 heterocycles. The molecule has 1 nitrogen and oxygen atoms in total. The molecular formula is C10H7ClO. The van der Waals surface area contributed by atoms with Gasteiger partial charge in [0.1, 0.15) is 0 Å². The summed E-state index contributed by atoms with van der Waals surface area (Å²) in [6.45, 7) is 1.83. The van der Waals surface area contributed by atoms with Crippen molar-refractivity contribution < 1.29 is 4.79 Å². The highest BCUT2D eigenvalue weighted by atomic mass is 35.5. The smallest absolute Gasteiger partial charge is 0.235 e. The van der Waals surface area contributed by atoms with Gasteiger partial charge in [0.15, 0.2) is 0 Å². The minimum Gasteiger partial charge on any atom is -0.279 e. The summed E-state index contributed by atoms with van der Waals surface area (Å²) in [5.74, 6) is 1.74. The Kier molecular flexibility index (Phi) is 2.52. The van der Waals surface area contributed by atoms with E-state index in [-0.39, 0.29) is 5.78 Å². The van der Waals surface area contributed by atoms with Crippen molar-refractivity contribution in [3.05, 3.63) is 34.3 Å². The Hall–Kier alpha value is -1.26. The van der Waals surface area contributed by atoms with Crippen LogP contribution in [0.25, 0.3) is 0 Å². The van der Waals surface area contributed by atoms with Crippen LogP contribution in [0.3, 0.4) is 0 Å². The Balaban J connectivity index is 3.15. The van der Waals surface area contributed by atoms with Crippen LogP contribution in [-0.2, 0) is 0 Å². The van der Waals surface area contributed by atoms with E-state index >= 15 is 0 Å². The van der Waals surface area contributed by atoms with Crippen LogP contribution in [0.1, 0.15) is 15.9 Å². The van der Waals surface area contributed by atoms with Crippen LogP contribution in [0.4, 0.5) is 0 Å². The van der Waals surface area contributed by atoms with E-state index in [0.717, 1.165) is 5.56 Å². The Morgan fingerprint density at radius 1 is 1.58 bits per heavy atom. The molecule has 1 aromatic rings. The summed E-state index contributed by atoms with van der Waals surface area (Å²) in [4.78, 5) is 11.0. The third kappa shape index (κ3) is 1.66. The van der Waals surface area contributed by atoms with Crippen LogP contribution >= 0.6 is 11.6 Å². The van der Waals surface area contributed by atoms with Crippen molar-refractivity contribution in [3.63, 3.8) is 0 Å². The number of benzene rings is 1. The number of aryl methyl sites for hydroxylation is 1. The van der Waals surface area contributed by atoms with Gasteiger partial charge in [-0.05, 0) is 36.6 Å². The third-order valence-electron chi connectivity index (χ3n) is 1.55. The Morgan fingerprint density at radius 2 is 2.25 bits per heavy atom.